The fraction of sp³-hybridized carbons (Fsp3) is 0.462. The van der Waals surface area contributed by atoms with E-state index in [-0.39, 0.29) is 5.75 Å². The molecule has 100 valence electrons. The molecule has 1 atom stereocenters. The lowest BCUT2D eigenvalue weighted by molar-refractivity contribution is -0.126. The van der Waals surface area contributed by atoms with Crippen LogP contribution < -0.4 is 16.2 Å². The van der Waals surface area contributed by atoms with Gasteiger partial charge in [-0.3, -0.25) is 4.79 Å². The molecule has 0 spiro atoms. The summed E-state index contributed by atoms with van der Waals surface area (Å²) in [4.78, 5) is 11.2. The van der Waals surface area contributed by atoms with Crippen LogP contribution in [0.1, 0.15) is 31.9 Å². The van der Waals surface area contributed by atoms with Crippen molar-refractivity contribution in [3.63, 3.8) is 0 Å². The van der Waals surface area contributed by atoms with Crippen LogP contribution in [0.2, 0.25) is 0 Å². The number of halogens is 1. The first kappa shape index (κ1) is 14.4. The van der Waals surface area contributed by atoms with Gasteiger partial charge in [-0.2, -0.15) is 0 Å². The second kappa shape index (κ2) is 5.35. The van der Waals surface area contributed by atoms with Crippen LogP contribution in [-0.2, 0) is 4.79 Å². The lowest BCUT2D eigenvalue weighted by Crippen LogP contribution is -2.34. The molecule has 4 nitrogen and oxygen atoms in total. The molecule has 1 amide bonds. The Hall–Kier alpha value is -1.62. The van der Waals surface area contributed by atoms with Gasteiger partial charge in [0, 0.05) is 11.5 Å². The molecular formula is C13H19FN2O2. The van der Waals surface area contributed by atoms with Crippen molar-refractivity contribution >= 4 is 5.91 Å². The van der Waals surface area contributed by atoms with Gasteiger partial charge in [-0.25, -0.2) is 4.39 Å². The Morgan fingerprint density at radius 1 is 1.50 bits per heavy atom. The standard InChI is InChI=1S/C13H19FN2O2/c1-13(2,12(16)17)7-10(15)8-4-5-11(18-3)9(14)6-8/h4-6,10H,7,15H2,1-3H3,(H2,16,17). The van der Waals surface area contributed by atoms with Crippen LogP contribution in [0.3, 0.4) is 0 Å². The minimum absolute atomic E-state index is 0.167. The largest absolute Gasteiger partial charge is 0.494 e. The number of ether oxygens (including phenoxy) is 1. The Morgan fingerprint density at radius 2 is 2.11 bits per heavy atom. The van der Waals surface area contributed by atoms with Crippen LogP contribution in [-0.4, -0.2) is 13.0 Å². The quantitative estimate of drug-likeness (QED) is 0.840. The highest BCUT2D eigenvalue weighted by Gasteiger charge is 2.28. The topological polar surface area (TPSA) is 78.3 Å². The van der Waals surface area contributed by atoms with Crippen molar-refractivity contribution in [1.29, 1.82) is 0 Å². The Kier molecular flexibility index (Phi) is 4.29. The normalized spacial score (nSPS) is 13.2. The molecule has 0 aliphatic carbocycles. The minimum Gasteiger partial charge on any atom is -0.494 e. The van der Waals surface area contributed by atoms with E-state index >= 15 is 0 Å². The molecule has 1 aromatic rings. The third-order valence-electron chi connectivity index (χ3n) is 3.00. The van der Waals surface area contributed by atoms with E-state index in [1.54, 1.807) is 19.9 Å². The molecule has 1 aromatic carbocycles. The van der Waals surface area contributed by atoms with Crippen LogP contribution in [0.5, 0.6) is 5.75 Å². The zero-order valence-corrected chi connectivity index (χ0v) is 10.9. The maximum Gasteiger partial charge on any atom is 0.223 e. The Labute approximate surface area is 106 Å². The van der Waals surface area contributed by atoms with Gasteiger partial charge in [-0.1, -0.05) is 19.9 Å². The van der Waals surface area contributed by atoms with Gasteiger partial charge in [-0.05, 0) is 24.1 Å². The highest BCUT2D eigenvalue weighted by molar-refractivity contribution is 5.79. The Balaban J connectivity index is 2.88. The summed E-state index contributed by atoms with van der Waals surface area (Å²) in [7, 11) is 1.40. The molecule has 0 saturated heterocycles. The van der Waals surface area contributed by atoms with Crippen molar-refractivity contribution < 1.29 is 13.9 Å². The summed E-state index contributed by atoms with van der Waals surface area (Å²) in [6.07, 6.45) is 0.355. The van der Waals surface area contributed by atoms with Crippen LogP contribution in [0.4, 0.5) is 4.39 Å². The third-order valence-corrected chi connectivity index (χ3v) is 3.00. The summed E-state index contributed by atoms with van der Waals surface area (Å²) < 4.78 is 18.4. The van der Waals surface area contributed by atoms with Crippen LogP contribution in [0.25, 0.3) is 0 Å². The van der Waals surface area contributed by atoms with Gasteiger partial charge in [0.15, 0.2) is 11.6 Å². The van der Waals surface area contributed by atoms with E-state index in [2.05, 4.69) is 0 Å². The van der Waals surface area contributed by atoms with Gasteiger partial charge >= 0.3 is 0 Å². The van der Waals surface area contributed by atoms with Crippen molar-refractivity contribution in [2.75, 3.05) is 7.11 Å². The van der Waals surface area contributed by atoms with E-state index in [0.29, 0.717) is 12.0 Å². The second-order valence-electron chi connectivity index (χ2n) is 4.95. The van der Waals surface area contributed by atoms with Gasteiger partial charge < -0.3 is 16.2 Å². The molecule has 1 rings (SSSR count). The number of primary amides is 1. The fourth-order valence-corrected chi connectivity index (χ4v) is 1.68. The predicted octanol–water partition coefficient (Wildman–Crippen LogP) is 1.74. The molecule has 0 saturated carbocycles. The predicted molar refractivity (Wildman–Crippen MR) is 67.5 cm³/mol. The summed E-state index contributed by atoms with van der Waals surface area (Å²) in [6, 6.07) is 4.07. The molecule has 1 unspecified atom stereocenters. The van der Waals surface area contributed by atoms with Crippen LogP contribution in [0.15, 0.2) is 18.2 Å². The van der Waals surface area contributed by atoms with Gasteiger partial charge in [0.1, 0.15) is 0 Å². The molecule has 0 fully saturated rings. The monoisotopic (exact) mass is 254 g/mol. The van der Waals surface area contributed by atoms with Gasteiger partial charge in [0.25, 0.3) is 0 Å². The van der Waals surface area contributed by atoms with E-state index in [0.717, 1.165) is 0 Å². The first-order valence-electron chi connectivity index (χ1n) is 5.67. The van der Waals surface area contributed by atoms with Crippen molar-refractivity contribution in [1.82, 2.24) is 0 Å². The van der Waals surface area contributed by atoms with E-state index in [1.807, 2.05) is 0 Å². The lowest BCUT2D eigenvalue weighted by atomic mass is 9.83. The van der Waals surface area contributed by atoms with E-state index in [1.165, 1.54) is 19.2 Å². The zero-order valence-electron chi connectivity index (χ0n) is 10.9. The SMILES string of the molecule is COc1ccc(C(N)CC(C)(C)C(N)=O)cc1F. The van der Waals surface area contributed by atoms with Crippen LogP contribution in [0, 0.1) is 11.2 Å². The molecule has 0 heterocycles. The number of hydrogen-bond donors (Lipinski definition) is 2. The molecule has 0 radical (unpaired) electrons. The molecule has 0 aliphatic heterocycles. The second-order valence-corrected chi connectivity index (χ2v) is 4.95. The summed E-state index contributed by atoms with van der Waals surface area (Å²) in [5, 5.41) is 0. The molecule has 0 aliphatic rings. The fourth-order valence-electron chi connectivity index (χ4n) is 1.68. The molecular weight excluding hydrogens is 235 g/mol. The smallest absolute Gasteiger partial charge is 0.223 e. The van der Waals surface area contributed by atoms with Crippen molar-refractivity contribution in [3.8, 4) is 5.75 Å². The van der Waals surface area contributed by atoms with Gasteiger partial charge in [-0.15, -0.1) is 0 Å². The first-order valence-corrected chi connectivity index (χ1v) is 5.67. The molecule has 0 aromatic heterocycles. The van der Waals surface area contributed by atoms with Crippen molar-refractivity contribution in [2.45, 2.75) is 26.3 Å². The number of carbonyl (C=O) groups is 1. The highest BCUT2D eigenvalue weighted by Crippen LogP contribution is 2.29. The third kappa shape index (κ3) is 3.20. The van der Waals surface area contributed by atoms with E-state index in [9.17, 15) is 9.18 Å². The number of amides is 1. The average Bonchev–Trinajstić information content (AvgIpc) is 2.28. The van der Waals surface area contributed by atoms with E-state index in [4.69, 9.17) is 16.2 Å². The van der Waals surface area contributed by atoms with Crippen molar-refractivity contribution in [2.24, 2.45) is 16.9 Å². The number of carbonyl (C=O) groups excluding carboxylic acids is 1. The highest BCUT2D eigenvalue weighted by atomic mass is 19.1. The first-order chi connectivity index (χ1) is 8.27. The zero-order chi connectivity index (χ0) is 13.9. The number of nitrogens with two attached hydrogens (primary N) is 2. The summed E-state index contributed by atoms with van der Waals surface area (Å²) in [5.41, 5.74) is 11.1. The Morgan fingerprint density at radius 3 is 2.56 bits per heavy atom. The van der Waals surface area contributed by atoms with E-state index < -0.39 is 23.2 Å². The van der Waals surface area contributed by atoms with Crippen LogP contribution >= 0.6 is 0 Å². The van der Waals surface area contributed by atoms with Gasteiger partial charge in [0.05, 0.1) is 7.11 Å². The summed E-state index contributed by atoms with van der Waals surface area (Å²) >= 11 is 0. The number of rotatable bonds is 5. The maximum atomic E-state index is 13.5. The minimum atomic E-state index is -0.726. The Bertz CT molecular complexity index is 447. The molecule has 4 N–H and O–H groups in total. The van der Waals surface area contributed by atoms with Gasteiger partial charge in [0.2, 0.25) is 5.91 Å². The summed E-state index contributed by atoms with van der Waals surface area (Å²) in [5.74, 6) is -0.727. The summed E-state index contributed by atoms with van der Waals surface area (Å²) in [6.45, 7) is 3.43. The molecule has 5 heteroatoms. The number of hydrogen-bond acceptors (Lipinski definition) is 3. The number of benzene rings is 1. The number of methoxy groups -OCH3 is 1. The molecule has 0 bridgehead atoms. The lowest BCUT2D eigenvalue weighted by Gasteiger charge is -2.24. The maximum absolute atomic E-state index is 13.5. The molecule has 18 heavy (non-hydrogen) atoms. The van der Waals surface area contributed by atoms with Crippen molar-refractivity contribution in [3.05, 3.63) is 29.6 Å². The average molecular weight is 254 g/mol.